The van der Waals surface area contributed by atoms with E-state index in [2.05, 4.69) is 31.4 Å². The summed E-state index contributed by atoms with van der Waals surface area (Å²) in [4.78, 5) is 24.1. The number of carbonyl (C=O) groups is 1. The van der Waals surface area contributed by atoms with Crippen LogP contribution in [0.4, 0.5) is 5.82 Å². The highest BCUT2D eigenvalue weighted by atomic mass is 79.9. The molecule has 4 aliphatic rings. The number of halogens is 1. The molecule has 3 unspecified atom stereocenters. The lowest BCUT2D eigenvalue weighted by molar-refractivity contribution is -0.390. The first-order chi connectivity index (χ1) is 15.1. The number of nitrogens with zero attached hydrogens (tertiary/aromatic N) is 5. The van der Waals surface area contributed by atoms with Crippen LogP contribution in [0.25, 0.3) is 0 Å². The highest BCUT2D eigenvalue weighted by Gasteiger charge is 2.60. The zero-order valence-corrected chi connectivity index (χ0v) is 20.3. The van der Waals surface area contributed by atoms with Crippen molar-refractivity contribution in [3.05, 3.63) is 38.2 Å². The molecule has 4 saturated carbocycles. The molecular weight excluding hydrogens is 476 g/mol. The molecule has 0 spiro atoms. The second-order valence-corrected chi connectivity index (χ2v) is 11.4. The molecule has 0 radical (unpaired) electrons. The topological polar surface area (TPSA) is 108 Å². The number of nitro groups is 1. The van der Waals surface area contributed by atoms with E-state index in [0.717, 1.165) is 43.4 Å². The van der Waals surface area contributed by atoms with Crippen molar-refractivity contribution in [2.75, 3.05) is 0 Å². The van der Waals surface area contributed by atoms with Crippen LogP contribution in [-0.2, 0) is 17.4 Å². The summed E-state index contributed by atoms with van der Waals surface area (Å²) in [5.41, 5.74) is 1.68. The van der Waals surface area contributed by atoms with Gasteiger partial charge >= 0.3 is 5.82 Å². The van der Waals surface area contributed by atoms with Crippen molar-refractivity contribution in [1.82, 2.24) is 24.9 Å². The normalized spacial score (nSPS) is 31.6. The maximum Gasteiger partial charge on any atom is 0.404 e. The summed E-state index contributed by atoms with van der Waals surface area (Å²) in [6.07, 6.45) is 10.4. The van der Waals surface area contributed by atoms with Crippen LogP contribution in [0.5, 0.6) is 0 Å². The molecule has 2 heterocycles. The van der Waals surface area contributed by atoms with Gasteiger partial charge in [-0.25, -0.2) is 0 Å². The molecule has 10 heteroatoms. The number of hydrogen-bond donors (Lipinski definition) is 1. The van der Waals surface area contributed by atoms with Gasteiger partial charge in [0.15, 0.2) is 0 Å². The van der Waals surface area contributed by atoms with E-state index >= 15 is 0 Å². The Morgan fingerprint density at radius 3 is 2.56 bits per heavy atom. The SMILES string of the molecule is Cc1nn(C)cc1C(C)NC(=O)CC12CC3CC(C1)CC(n1cc(Br)c([N+](=O)[O-])n1)(C3)C2. The van der Waals surface area contributed by atoms with Crippen molar-refractivity contribution in [1.29, 1.82) is 0 Å². The molecule has 9 nitrogen and oxygen atoms in total. The Hall–Kier alpha value is -2.23. The van der Waals surface area contributed by atoms with Crippen molar-refractivity contribution in [3.63, 3.8) is 0 Å². The quantitative estimate of drug-likeness (QED) is 0.469. The van der Waals surface area contributed by atoms with Gasteiger partial charge in [0.1, 0.15) is 4.47 Å². The predicted molar refractivity (Wildman–Crippen MR) is 121 cm³/mol. The minimum atomic E-state index is -0.438. The maximum atomic E-state index is 13.2. The fraction of sp³-hybridized carbons (Fsp3) is 0.682. The molecule has 2 aromatic heterocycles. The third-order valence-electron chi connectivity index (χ3n) is 7.89. The minimum absolute atomic E-state index is 0.0644. The molecule has 172 valence electrons. The zero-order valence-electron chi connectivity index (χ0n) is 18.7. The lowest BCUT2D eigenvalue weighted by atomic mass is 9.46. The smallest absolute Gasteiger partial charge is 0.358 e. The van der Waals surface area contributed by atoms with Crippen LogP contribution < -0.4 is 5.32 Å². The Kier molecular flexibility index (Phi) is 4.99. The Morgan fingerprint density at radius 1 is 1.31 bits per heavy atom. The van der Waals surface area contributed by atoms with Gasteiger partial charge in [0.05, 0.1) is 28.6 Å². The highest BCUT2D eigenvalue weighted by Crippen LogP contribution is 2.65. The van der Waals surface area contributed by atoms with Gasteiger partial charge in [0.2, 0.25) is 5.91 Å². The molecule has 1 N–H and O–H groups in total. The van der Waals surface area contributed by atoms with Crippen LogP contribution in [0.3, 0.4) is 0 Å². The molecule has 6 rings (SSSR count). The summed E-state index contributed by atoms with van der Waals surface area (Å²) in [5.74, 6) is 1.03. The molecular formula is C22H29BrN6O3. The lowest BCUT2D eigenvalue weighted by Crippen LogP contribution is -2.57. The van der Waals surface area contributed by atoms with Crippen LogP contribution in [0.2, 0.25) is 0 Å². The van der Waals surface area contributed by atoms with Gasteiger partial charge < -0.3 is 15.4 Å². The van der Waals surface area contributed by atoms with Crippen LogP contribution in [0.1, 0.15) is 69.2 Å². The zero-order chi connectivity index (χ0) is 22.8. The lowest BCUT2D eigenvalue weighted by Gasteiger charge is -2.61. The van der Waals surface area contributed by atoms with Crippen molar-refractivity contribution in [3.8, 4) is 0 Å². The summed E-state index contributed by atoms with van der Waals surface area (Å²) >= 11 is 3.31. The monoisotopic (exact) mass is 504 g/mol. The van der Waals surface area contributed by atoms with Crippen LogP contribution in [0.15, 0.2) is 16.9 Å². The number of carbonyl (C=O) groups excluding carboxylic acids is 1. The molecule has 32 heavy (non-hydrogen) atoms. The number of amides is 1. The van der Waals surface area contributed by atoms with Gasteiger partial charge in [-0.05, 0) is 90.5 Å². The maximum absolute atomic E-state index is 13.2. The van der Waals surface area contributed by atoms with Crippen molar-refractivity contribution < 1.29 is 9.72 Å². The van der Waals surface area contributed by atoms with E-state index in [1.807, 2.05) is 31.8 Å². The Balaban J connectivity index is 1.37. The molecule has 3 atom stereocenters. The summed E-state index contributed by atoms with van der Waals surface area (Å²) < 4.78 is 4.05. The highest BCUT2D eigenvalue weighted by molar-refractivity contribution is 9.10. The third-order valence-corrected chi connectivity index (χ3v) is 8.45. The van der Waals surface area contributed by atoms with Crippen LogP contribution in [-0.4, -0.2) is 30.4 Å². The second-order valence-electron chi connectivity index (χ2n) is 10.5. The van der Waals surface area contributed by atoms with E-state index in [1.54, 1.807) is 10.9 Å². The first kappa shape index (κ1) is 21.6. The number of aromatic nitrogens is 4. The van der Waals surface area contributed by atoms with Crippen LogP contribution >= 0.6 is 15.9 Å². The first-order valence-electron chi connectivity index (χ1n) is 11.3. The van der Waals surface area contributed by atoms with Gasteiger partial charge in [0.25, 0.3) is 0 Å². The third kappa shape index (κ3) is 3.56. The van der Waals surface area contributed by atoms with Gasteiger partial charge in [-0.2, -0.15) is 9.78 Å². The fourth-order valence-corrected chi connectivity index (χ4v) is 7.76. The molecule has 4 aliphatic carbocycles. The Labute approximate surface area is 195 Å². The van der Waals surface area contributed by atoms with E-state index < -0.39 is 4.92 Å². The van der Waals surface area contributed by atoms with Gasteiger partial charge in [0, 0.05) is 25.2 Å². The number of aryl methyl sites for hydroxylation is 2. The van der Waals surface area contributed by atoms with E-state index in [9.17, 15) is 14.9 Å². The molecule has 4 fully saturated rings. The number of nitrogens with one attached hydrogen (secondary N) is 1. The van der Waals surface area contributed by atoms with E-state index in [-0.39, 0.29) is 28.7 Å². The summed E-state index contributed by atoms with van der Waals surface area (Å²) in [5, 5.41) is 23.3. The van der Waals surface area contributed by atoms with E-state index in [1.165, 1.54) is 6.42 Å². The second kappa shape index (κ2) is 7.40. The summed E-state index contributed by atoms with van der Waals surface area (Å²) in [7, 11) is 1.89. The van der Waals surface area contributed by atoms with Gasteiger partial charge in [-0.1, -0.05) is 0 Å². The average Bonchev–Trinajstić information content (AvgIpc) is 3.22. The molecule has 2 aromatic rings. The van der Waals surface area contributed by atoms with E-state index in [0.29, 0.717) is 22.7 Å². The number of rotatable bonds is 6. The molecule has 0 aliphatic heterocycles. The minimum Gasteiger partial charge on any atom is -0.358 e. The summed E-state index contributed by atoms with van der Waals surface area (Å²) in [6, 6.07) is -0.0937. The molecule has 4 bridgehead atoms. The molecule has 0 saturated heterocycles. The first-order valence-corrected chi connectivity index (χ1v) is 12.1. The van der Waals surface area contributed by atoms with E-state index in [4.69, 9.17) is 0 Å². The molecule has 1 amide bonds. The van der Waals surface area contributed by atoms with Gasteiger partial charge in [-0.15, -0.1) is 0 Å². The average molecular weight is 505 g/mol. The fourth-order valence-electron chi connectivity index (χ4n) is 7.34. The molecule has 0 aromatic carbocycles. The van der Waals surface area contributed by atoms with Gasteiger partial charge in [-0.3, -0.25) is 9.48 Å². The summed E-state index contributed by atoms with van der Waals surface area (Å²) in [6.45, 7) is 3.96. The van der Waals surface area contributed by atoms with Crippen molar-refractivity contribution >= 4 is 27.7 Å². The van der Waals surface area contributed by atoms with Crippen molar-refractivity contribution in [2.45, 2.75) is 70.4 Å². The van der Waals surface area contributed by atoms with Crippen LogP contribution in [0, 0.1) is 34.3 Å². The number of hydrogen-bond acceptors (Lipinski definition) is 5. The largest absolute Gasteiger partial charge is 0.404 e. The Bertz CT molecular complexity index is 1080. The standard InChI is InChI=1S/C22H29BrN6O3/c1-13(17-10-27(3)25-14(17)2)24-19(30)9-21-5-15-4-16(6-21)8-22(7-15,12-21)28-11-18(23)20(26-28)29(31)32/h10-11,13,15-16H,4-9,12H2,1-3H3,(H,24,30). The predicted octanol–water partition coefficient (Wildman–Crippen LogP) is 4.16. The Morgan fingerprint density at radius 2 is 2.00 bits per heavy atom. The van der Waals surface area contributed by atoms with Crippen molar-refractivity contribution in [2.24, 2.45) is 24.3 Å².